The van der Waals surface area contributed by atoms with Crippen molar-refractivity contribution in [2.75, 3.05) is 26.2 Å². The van der Waals surface area contributed by atoms with Gasteiger partial charge in [0, 0.05) is 26.2 Å². The molecule has 0 aromatic heterocycles. The van der Waals surface area contributed by atoms with Crippen molar-refractivity contribution in [2.24, 2.45) is 0 Å². The summed E-state index contributed by atoms with van der Waals surface area (Å²) in [7, 11) is 0. The van der Waals surface area contributed by atoms with Gasteiger partial charge in [-0.15, -0.1) is 24.8 Å². The number of piperazine rings is 1. The molecule has 0 radical (unpaired) electrons. The zero-order chi connectivity index (χ0) is 12.3. The van der Waals surface area contributed by atoms with Crippen LogP contribution in [-0.2, 0) is 0 Å². The molecule has 2 rings (SSSR count). The molecule has 110 valence electrons. The molecule has 0 unspecified atom stereocenters. The third-order valence-corrected chi connectivity index (χ3v) is 2.97. The lowest BCUT2D eigenvalue weighted by atomic mass is 10.0. The van der Waals surface area contributed by atoms with Gasteiger partial charge in [0.15, 0.2) is 0 Å². The molecule has 1 fully saturated rings. The number of nitrogens with zero attached hydrogens (tertiary/aromatic N) is 1. The van der Waals surface area contributed by atoms with E-state index >= 15 is 0 Å². The number of rotatable bonds is 3. The second kappa shape index (κ2) is 8.64. The predicted octanol–water partition coefficient (Wildman–Crippen LogP) is 2.88. The Morgan fingerprint density at radius 1 is 1.11 bits per heavy atom. The van der Waals surface area contributed by atoms with Crippen molar-refractivity contribution in [3.63, 3.8) is 0 Å². The molecule has 2 nitrogen and oxygen atoms in total. The zero-order valence-electron chi connectivity index (χ0n) is 10.2. The summed E-state index contributed by atoms with van der Waals surface area (Å²) in [5.74, 6) is -0.469. The molecular weight excluding hydrogens is 300 g/mol. The van der Waals surface area contributed by atoms with Gasteiger partial charge in [0.1, 0.15) is 5.82 Å². The van der Waals surface area contributed by atoms with Crippen LogP contribution in [0.4, 0.5) is 13.2 Å². The lowest BCUT2D eigenvalue weighted by Crippen LogP contribution is -2.46. The second-order valence-electron chi connectivity index (χ2n) is 4.12. The summed E-state index contributed by atoms with van der Waals surface area (Å²) in [5.41, 5.74) is 0.349. The summed E-state index contributed by atoms with van der Waals surface area (Å²) in [6, 6.07) is 4.49. The highest BCUT2D eigenvalue weighted by atomic mass is 35.5. The van der Waals surface area contributed by atoms with Crippen LogP contribution in [0.5, 0.6) is 0 Å². The average molecular weight is 317 g/mol. The molecule has 1 heterocycles. The number of alkyl halides is 2. The number of hydrogen-bond acceptors (Lipinski definition) is 2. The summed E-state index contributed by atoms with van der Waals surface area (Å²) >= 11 is 0. The van der Waals surface area contributed by atoms with Crippen LogP contribution in [0.3, 0.4) is 0 Å². The van der Waals surface area contributed by atoms with Gasteiger partial charge in [-0.05, 0) is 17.7 Å². The van der Waals surface area contributed by atoms with Crippen molar-refractivity contribution in [3.05, 3.63) is 35.6 Å². The molecule has 0 spiro atoms. The Morgan fingerprint density at radius 2 is 1.74 bits per heavy atom. The molecule has 1 aliphatic rings. The molecule has 1 saturated heterocycles. The second-order valence-corrected chi connectivity index (χ2v) is 4.12. The third kappa shape index (κ3) is 4.84. The first-order chi connectivity index (χ1) is 8.18. The summed E-state index contributed by atoms with van der Waals surface area (Å²) in [4.78, 5) is 1.70. The first kappa shape index (κ1) is 18.5. The third-order valence-electron chi connectivity index (χ3n) is 2.97. The molecule has 0 saturated carbocycles. The van der Waals surface area contributed by atoms with E-state index in [1.165, 1.54) is 18.2 Å². The molecule has 0 bridgehead atoms. The minimum absolute atomic E-state index is 0. The normalized spacial score (nSPS) is 17.5. The molecule has 0 amide bonds. The quantitative estimate of drug-likeness (QED) is 0.922. The Kier molecular flexibility index (Phi) is 8.41. The molecule has 19 heavy (non-hydrogen) atoms. The highest BCUT2D eigenvalue weighted by Crippen LogP contribution is 2.28. The summed E-state index contributed by atoms with van der Waals surface area (Å²) < 4.78 is 39.3. The number of benzene rings is 1. The van der Waals surface area contributed by atoms with Crippen molar-refractivity contribution < 1.29 is 13.2 Å². The van der Waals surface area contributed by atoms with Crippen molar-refractivity contribution in [2.45, 2.75) is 12.5 Å². The summed E-state index contributed by atoms with van der Waals surface area (Å²) in [5, 5.41) is 3.11. The number of hydrogen-bond donors (Lipinski definition) is 1. The van der Waals surface area contributed by atoms with E-state index < -0.39 is 18.3 Å². The molecule has 0 aliphatic carbocycles. The fourth-order valence-electron chi connectivity index (χ4n) is 2.17. The van der Waals surface area contributed by atoms with Gasteiger partial charge in [-0.2, -0.15) is 0 Å². The fraction of sp³-hybridized carbons (Fsp3) is 0.500. The summed E-state index contributed by atoms with van der Waals surface area (Å²) in [6.45, 7) is 2.51. The number of halogens is 5. The van der Waals surface area contributed by atoms with Gasteiger partial charge in [-0.1, -0.05) is 12.1 Å². The largest absolute Gasteiger partial charge is 0.314 e. The van der Waals surface area contributed by atoms with E-state index in [9.17, 15) is 13.2 Å². The van der Waals surface area contributed by atoms with Crippen LogP contribution < -0.4 is 5.32 Å². The van der Waals surface area contributed by atoms with E-state index in [0.717, 1.165) is 0 Å². The van der Waals surface area contributed by atoms with Crippen LogP contribution in [0, 0.1) is 5.82 Å². The standard InChI is InChI=1S/C12H15F3N2.2ClH/c13-10-3-1-2-9(8-10)11(12(14)15)17-6-4-16-5-7-17;;/h1-3,8,11-12,16H,4-7H2;2*1H/t11-;;/m1../s1. The van der Waals surface area contributed by atoms with Crippen LogP contribution >= 0.6 is 24.8 Å². The Balaban J connectivity index is 0.00000162. The highest BCUT2D eigenvalue weighted by Gasteiger charge is 2.30. The van der Waals surface area contributed by atoms with E-state index in [-0.39, 0.29) is 24.8 Å². The lowest BCUT2D eigenvalue weighted by molar-refractivity contribution is 0.0180. The van der Waals surface area contributed by atoms with Crippen molar-refractivity contribution >= 4 is 24.8 Å². The fourth-order valence-corrected chi connectivity index (χ4v) is 2.17. The smallest absolute Gasteiger partial charge is 0.258 e. The molecular formula is C12H17Cl2F3N2. The minimum Gasteiger partial charge on any atom is -0.314 e. The van der Waals surface area contributed by atoms with Gasteiger partial charge in [-0.25, -0.2) is 13.2 Å². The van der Waals surface area contributed by atoms with Crippen molar-refractivity contribution in [3.8, 4) is 0 Å². The van der Waals surface area contributed by atoms with Gasteiger partial charge in [-0.3, -0.25) is 4.90 Å². The van der Waals surface area contributed by atoms with Gasteiger partial charge in [0.05, 0.1) is 6.04 Å². The van der Waals surface area contributed by atoms with Crippen LogP contribution in [0.2, 0.25) is 0 Å². The van der Waals surface area contributed by atoms with E-state index in [0.29, 0.717) is 31.7 Å². The van der Waals surface area contributed by atoms with E-state index in [2.05, 4.69) is 5.32 Å². The molecule has 1 aliphatic heterocycles. The Hall–Kier alpha value is -0.490. The molecule has 1 aromatic carbocycles. The first-order valence-electron chi connectivity index (χ1n) is 5.67. The molecule has 1 aromatic rings. The zero-order valence-corrected chi connectivity index (χ0v) is 11.8. The monoisotopic (exact) mass is 316 g/mol. The molecule has 1 atom stereocenters. The van der Waals surface area contributed by atoms with E-state index in [1.807, 2.05) is 0 Å². The first-order valence-corrected chi connectivity index (χ1v) is 5.67. The average Bonchev–Trinajstić information content (AvgIpc) is 2.30. The van der Waals surface area contributed by atoms with Crippen LogP contribution in [0.1, 0.15) is 11.6 Å². The van der Waals surface area contributed by atoms with Gasteiger partial charge in [0.2, 0.25) is 0 Å². The van der Waals surface area contributed by atoms with E-state index in [4.69, 9.17) is 0 Å². The van der Waals surface area contributed by atoms with Crippen LogP contribution in [0.15, 0.2) is 24.3 Å². The van der Waals surface area contributed by atoms with Gasteiger partial charge < -0.3 is 5.32 Å². The van der Waals surface area contributed by atoms with Crippen molar-refractivity contribution in [1.82, 2.24) is 10.2 Å². The topological polar surface area (TPSA) is 15.3 Å². The lowest BCUT2D eigenvalue weighted by Gasteiger charge is -2.34. The van der Waals surface area contributed by atoms with Crippen LogP contribution in [-0.4, -0.2) is 37.5 Å². The maximum absolute atomic E-state index is 13.1. The highest BCUT2D eigenvalue weighted by molar-refractivity contribution is 5.85. The number of nitrogens with one attached hydrogen (secondary N) is 1. The predicted molar refractivity (Wildman–Crippen MR) is 74.1 cm³/mol. The molecule has 1 N–H and O–H groups in total. The van der Waals surface area contributed by atoms with Crippen molar-refractivity contribution in [1.29, 1.82) is 0 Å². The Bertz CT molecular complexity index is 374. The Morgan fingerprint density at radius 3 is 2.26 bits per heavy atom. The minimum atomic E-state index is -2.50. The molecule has 7 heteroatoms. The van der Waals surface area contributed by atoms with Gasteiger partial charge in [0.25, 0.3) is 6.43 Å². The van der Waals surface area contributed by atoms with Gasteiger partial charge >= 0.3 is 0 Å². The van der Waals surface area contributed by atoms with E-state index in [1.54, 1.807) is 11.0 Å². The summed E-state index contributed by atoms with van der Waals surface area (Å²) in [6.07, 6.45) is -2.50. The Labute approximate surface area is 123 Å². The van der Waals surface area contributed by atoms with Crippen LogP contribution in [0.25, 0.3) is 0 Å². The maximum atomic E-state index is 13.1. The maximum Gasteiger partial charge on any atom is 0.258 e. The SMILES string of the molecule is Cl.Cl.Fc1cccc([C@H](C(F)F)N2CCNCC2)c1.